The maximum Gasteiger partial charge on any atom is 0.232 e. The summed E-state index contributed by atoms with van der Waals surface area (Å²) in [4.78, 5) is 12.9. The Hall–Kier alpha value is -1.86. The average Bonchev–Trinajstić information content (AvgIpc) is 2.57. The maximum atomic E-state index is 5.83. The summed E-state index contributed by atoms with van der Waals surface area (Å²) in [6, 6.07) is 8.00. The van der Waals surface area contributed by atoms with Gasteiger partial charge in [0.1, 0.15) is 5.82 Å². The molecule has 1 aromatic carbocycles. The van der Waals surface area contributed by atoms with E-state index in [4.69, 9.17) is 10.5 Å². The summed E-state index contributed by atoms with van der Waals surface area (Å²) in [6.45, 7) is 2.92. The van der Waals surface area contributed by atoms with Crippen LogP contribution in [0.15, 0.2) is 24.3 Å². The van der Waals surface area contributed by atoms with Gasteiger partial charge in [-0.25, -0.2) is 0 Å². The van der Waals surface area contributed by atoms with E-state index in [2.05, 4.69) is 20.3 Å². The van der Waals surface area contributed by atoms with Gasteiger partial charge in [0.25, 0.3) is 0 Å². The van der Waals surface area contributed by atoms with Crippen LogP contribution in [0.3, 0.4) is 0 Å². The van der Waals surface area contributed by atoms with Crippen LogP contribution in [0.4, 0.5) is 17.6 Å². The molecule has 0 spiro atoms. The molecule has 0 radical (unpaired) electrons. The van der Waals surface area contributed by atoms with Crippen LogP contribution in [0.5, 0.6) is 0 Å². The lowest BCUT2D eigenvalue weighted by Crippen LogP contribution is -2.21. The van der Waals surface area contributed by atoms with Crippen molar-refractivity contribution in [3.63, 3.8) is 0 Å². The molecule has 6 nitrogen and oxygen atoms in total. The molecule has 2 heterocycles. The minimum absolute atomic E-state index is 0.241. The van der Waals surface area contributed by atoms with Gasteiger partial charge in [0, 0.05) is 18.0 Å². The minimum Gasteiger partial charge on any atom is -0.377 e. The summed E-state index contributed by atoms with van der Waals surface area (Å²) >= 11 is 1.78. The molecule has 1 aliphatic rings. The number of rotatable bonds is 6. The van der Waals surface area contributed by atoms with E-state index in [1.54, 1.807) is 11.8 Å². The van der Waals surface area contributed by atoms with Gasteiger partial charge in [-0.05, 0) is 37.8 Å². The molecule has 1 saturated heterocycles. The molecule has 0 aliphatic carbocycles. The molecule has 2 aromatic rings. The van der Waals surface area contributed by atoms with Crippen LogP contribution in [0.25, 0.3) is 0 Å². The number of para-hydroxylation sites is 1. The summed E-state index contributed by atoms with van der Waals surface area (Å²) in [5, 5.41) is 3.22. The summed E-state index contributed by atoms with van der Waals surface area (Å²) in [6.07, 6.45) is 3.94. The number of nitrogens with zero attached hydrogens (tertiary/aromatic N) is 3. The van der Waals surface area contributed by atoms with Gasteiger partial charge < -0.3 is 15.8 Å². The topological polar surface area (TPSA) is 86.0 Å². The quantitative estimate of drug-likeness (QED) is 0.830. The number of anilines is 3. The molecule has 1 aromatic heterocycles. The third-order valence-corrected chi connectivity index (χ3v) is 4.97. The molecular formula is C17H23N5OS. The normalized spacial score (nSPS) is 17.6. The Morgan fingerprint density at radius 3 is 2.92 bits per heavy atom. The molecule has 1 aliphatic heterocycles. The SMILES string of the molecule is Cc1ccccc1Nc1nc(N)nc(CSCC2CCCCO2)n1. The van der Waals surface area contributed by atoms with Gasteiger partial charge in [0.05, 0.1) is 11.9 Å². The monoisotopic (exact) mass is 345 g/mol. The molecule has 0 bridgehead atoms. The van der Waals surface area contributed by atoms with Crippen LogP contribution in [-0.2, 0) is 10.5 Å². The van der Waals surface area contributed by atoms with Gasteiger partial charge >= 0.3 is 0 Å². The van der Waals surface area contributed by atoms with Crippen molar-refractivity contribution < 1.29 is 4.74 Å². The van der Waals surface area contributed by atoms with Crippen LogP contribution in [0.2, 0.25) is 0 Å². The first-order valence-electron chi connectivity index (χ1n) is 8.23. The first-order valence-corrected chi connectivity index (χ1v) is 9.38. The van der Waals surface area contributed by atoms with Gasteiger partial charge in [-0.3, -0.25) is 0 Å². The molecule has 1 unspecified atom stereocenters. The Morgan fingerprint density at radius 2 is 2.12 bits per heavy atom. The smallest absolute Gasteiger partial charge is 0.232 e. The van der Waals surface area contributed by atoms with Crippen LogP contribution < -0.4 is 11.1 Å². The largest absolute Gasteiger partial charge is 0.377 e. The number of benzene rings is 1. The Morgan fingerprint density at radius 1 is 1.25 bits per heavy atom. The fourth-order valence-corrected chi connectivity index (χ4v) is 3.57. The fraction of sp³-hybridized carbons (Fsp3) is 0.471. The van der Waals surface area contributed by atoms with Gasteiger partial charge in [-0.15, -0.1) is 0 Å². The van der Waals surface area contributed by atoms with Crippen molar-refractivity contribution in [2.24, 2.45) is 0 Å². The lowest BCUT2D eigenvalue weighted by Gasteiger charge is -2.21. The Bertz CT molecular complexity index is 676. The van der Waals surface area contributed by atoms with Crippen molar-refractivity contribution in [1.82, 2.24) is 15.0 Å². The Balaban J connectivity index is 1.60. The van der Waals surface area contributed by atoms with Crippen LogP contribution >= 0.6 is 11.8 Å². The fourth-order valence-electron chi connectivity index (χ4n) is 2.61. The highest BCUT2D eigenvalue weighted by molar-refractivity contribution is 7.98. The molecule has 3 rings (SSSR count). The molecule has 0 saturated carbocycles. The number of aromatic nitrogens is 3. The number of nitrogen functional groups attached to an aromatic ring is 1. The number of hydrogen-bond donors (Lipinski definition) is 2. The highest BCUT2D eigenvalue weighted by Crippen LogP contribution is 2.21. The van der Waals surface area contributed by atoms with E-state index in [0.29, 0.717) is 23.6 Å². The molecule has 7 heteroatoms. The summed E-state index contributed by atoms with van der Waals surface area (Å²) in [5.74, 6) is 3.09. The number of hydrogen-bond acceptors (Lipinski definition) is 7. The van der Waals surface area contributed by atoms with Crippen LogP contribution in [0, 0.1) is 6.92 Å². The van der Waals surface area contributed by atoms with Crippen LogP contribution in [0.1, 0.15) is 30.7 Å². The second kappa shape index (κ2) is 8.30. The highest BCUT2D eigenvalue weighted by atomic mass is 32.2. The first-order chi connectivity index (χ1) is 11.7. The van der Waals surface area contributed by atoms with Crippen molar-refractivity contribution in [1.29, 1.82) is 0 Å². The lowest BCUT2D eigenvalue weighted by molar-refractivity contribution is 0.0315. The number of aryl methyl sites for hydroxylation is 1. The van der Waals surface area contributed by atoms with E-state index >= 15 is 0 Å². The predicted molar refractivity (Wildman–Crippen MR) is 98.5 cm³/mol. The zero-order valence-electron chi connectivity index (χ0n) is 13.9. The predicted octanol–water partition coefficient (Wildman–Crippen LogP) is 3.31. The highest BCUT2D eigenvalue weighted by Gasteiger charge is 2.14. The second-order valence-corrected chi connectivity index (χ2v) is 6.91. The van der Waals surface area contributed by atoms with E-state index in [1.807, 2.05) is 31.2 Å². The van der Waals surface area contributed by atoms with Crippen molar-refractivity contribution in [3.8, 4) is 0 Å². The number of nitrogens with one attached hydrogen (secondary N) is 1. The van der Waals surface area contributed by atoms with Crippen molar-refractivity contribution in [2.75, 3.05) is 23.4 Å². The number of thioether (sulfide) groups is 1. The Labute approximate surface area is 146 Å². The maximum absolute atomic E-state index is 5.83. The summed E-state index contributed by atoms with van der Waals surface area (Å²) < 4.78 is 5.74. The third kappa shape index (κ3) is 4.82. The van der Waals surface area contributed by atoms with Crippen LogP contribution in [-0.4, -0.2) is 33.4 Å². The summed E-state index contributed by atoms with van der Waals surface area (Å²) in [7, 11) is 0. The van der Waals surface area contributed by atoms with Crippen molar-refractivity contribution in [3.05, 3.63) is 35.7 Å². The zero-order valence-corrected chi connectivity index (χ0v) is 14.7. The standard InChI is InChI=1S/C17H23N5OS/c1-12-6-2-3-8-14(12)19-17-21-15(20-16(18)22-17)11-24-10-13-7-4-5-9-23-13/h2-3,6,8,13H,4-5,7,9-11H2,1H3,(H3,18,19,20,21,22). The minimum atomic E-state index is 0.241. The number of nitrogens with two attached hydrogens (primary N) is 1. The number of ether oxygens (including phenoxy) is 1. The molecule has 24 heavy (non-hydrogen) atoms. The molecular weight excluding hydrogens is 322 g/mol. The summed E-state index contributed by atoms with van der Waals surface area (Å²) in [5.41, 5.74) is 7.93. The van der Waals surface area contributed by atoms with E-state index < -0.39 is 0 Å². The molecule has 3 N–H and O–H groups in total. The molecule has 0 amide bonds. The van der Waals surface area contributed by atoms with Crippen molar-refractivity contribution >= 4 is 29.3 Å². The zero-order chi connectivity index (χ0) is 16.8. The second-order valence-electron chi connectivity index (χ2n) is 5.88. The molecule has 1 fully saturated rings. The first kappa shape index (κ1) is 17.0. The van der Waals surface area contributed by atoms with Gasteiger partial charge in [-0.2, -0.15) is 26.7 Å². The van der Waals surface area contributed by atoms with Gasteiger partial charge in [0.15, 0.2) is 0 Å². The Kier molecular flexibility index (Phi) is 5.87. The van der Waals surface area contributed by atoms with Gasteiger partial charge in [-0.1, -0.05) is 18.2 Å². The van der Waals surface area contributed by atoms with E-state index in [9.17, 15) is 0 Å². The lowest BCUT2D eigenvalue weighted by atomic mass is 10.1. The van der Waals surface area contributed by atoms with Crippen molar-refractivity contribution in [2.45, 2.75) is 38.0 Å². The van der Waals surface area contributed by atoms with E-state index in [0.717, 1.165) is 30.0 Å². The van der Waals surface area contributed by atoms with E-state index in [1.165, 1.54) is 12.8 Å². The van der Waals surface area contributed by atoms with E-state index in [-0.39, 0.29) is 5.95 Å². The third-order valence-electron chi connectivity index (χ3n) is 3.90. The average molecular weight is 345 g/mol. The molecule has 128 valence electrons. The molecule has 1 atom stereocenters. The van der Waals surface area contributed by atoms with Gasteiger partial charge in [0.2, 0.25) is 11.9 Å².